The van der Waals surface area contributed by atoms with Crippen molar-refractivity contribution in [2.45, 2.75) is 6.10 Å². The predicted molar refractivity (Wildman–Crippen MR) is 53.1 cm³/mol. The molecule has 1 heterocycles. The Kier molecular flexibility index (Phi) is 3.93. The summed E-state index contributed by atoms with van der Waals surface area (Å²) in [5.74, 6) is 0. The number of nitrogens with zero attached hydrogens (tertiary/aromatic N) is 1. The molecule has 0 radical (unpaired) electrons. The zero-order valence-electron chi connectivity index (χ0n) is 7.09. The molecule has 0 saturated carbocycles. The Morgan fingerprint density at radius 1 is 1.46 bits per heavy atom. The van der Waals surface area contributed by atoms with Crippen LogP contribution in [0.4, 0.5) is 0 Å². The number of nitrogens with one attached hydrogen (secondary N) is 1. The largest absolute Gasteiger partial charge is 0.387 e. The normalized spacial score (nSPS) is 12.9. The summed E-state index contributed by atoms with van der Waals surface area (Å²) in [5, 5.41) is 13.2. The quantitative estimate of drug-likeness (QED) is 0.815. The van der Waals surface area contributed by atoms with Crippen molar-refractivity contribution in [3.05, 3.63) is 28.0 Å². The number of hydrogen-bond acceptors (Lipinski definition) is 3. The topological polar surface area (TPSA) is 45.1 Å². The Morgan fingerprint density at radius 2 is 2.00 bits per heavy atom. The number of aromatic nitrogens is 1. The lowest BCUT2D eigenvalue weighted by atomic mass is 10.1. The van der Waals surface area contributed by atoms with Crippen molar-refractivity contribution < 1.29 is 5.11 Å². The van der Waals surface area contributed by atoms with Crippen LogP contribution < -0.4 is 5.32 Å². The molecule has 0 aliphatic heterocycles. The summed E-state index contributed by atoms with van der Waals surface area (Å²) in [6, 6.07) is 0. The Labute approximate surface area is 86.7 Å². The number of halogens is 2. The van der Waals surface area contributed by atoms with Gasteiger partial charge in [0.05, 0.1) is 16.1 Å². The van der Waals surface area contributed by atoms with E-state index in [9.17, 15) is 5.11 Å². The molecule has 1 rings (SSSR count). The van der Waals surface area contributed by atoms with Crippen molar-refractivity contribution in [3.63, 3.8) is 0 Å². The van der Waals surface area contributed by atoms with Gasteiger partial charge >= 0.3 is 0 Å². The van der Waals surface area contributed by atoms with E-state index in [4.69, 9.17) is 23.2 Å². The van der Waals surface area contributed by atoms with E-state index in [-0.39, 0.29) is 0 Å². The molecule has 2 N–H and O–H groups in total. The second-order valence-electron chi connectivity index (χ2n) is 2.59. The van der Waals surface area contributed by atoms with Crippen LogP contribution in [0.5, 0.6) is 0 Å². The molecule has 1 aromatic heterocycles. The van der Waals surface area contributed by atoms with E-state index in [1.54, 1.807) is 7.05 Å². The zero-order valence-corrected chi connectivity index (χ0v) is 8.60. The van der Waals surface area contributed by atoms with Gasteiger partial charge in [0.15, 0.2) is 0 Å². The molecule has 72 valence electrons. The Morgan fingerprint density at radius 3 is 2.46 bits per heavy atom. The highest BCUT2D eigenvalue weighted by Gasteiger charge is 2.14. The molecule has 13 heavy (non-hydrogen) atoms. The van der Waals surface area contributed by atoms with Crippen LogP contribution >= 0.6 is 23.2 Å². The van der Waals surface area contributed by atoms with Gasteiger partial charge in [-0.1, -0.05) is 23.2 Å². The molecule has 0 spiro atoms. The second-order valence-corrected chi connectivity index (χ2v) is 3.40. The molecular formula is C8H10Cl2N2O. The molecule has 0 aromatic carbocycles. The molecule has 0 saturated heterocycles. The monoisotopic (exact) mass is 220 g/mol. The summed E-state index contributed by atoms with van der Waals surface area (Å²) in [6.45, 7) is 0.406. The van der Waals surface area contributed by atoms with E-state index >= 15 is 0 Å². The summed E-state index contributed by atoms with van der Waals surface area (Å²) < 4.78 is 0. The minimum atomic E-state index is -0.701. The first-order valence-corrected chi connectivity index (χ1v) is 4.54. The third kappa shape index (κ3) is 2.54. The highest BCUT2D eigenvalue weighted by atomic mass is 35.5. The van der Waals surface area contributed by atoms with E-state index in [0.29, 0.717) is 22.2 Å². The number of rotatable bonds is 3. The molecule has 1 atom stereocenters. The highest BCUT2D eigenvalue weighted by molar-refractivity contribution is 6.35. The lowest BCUT2D eigenvalue weighted by molar-refractivity contribution is 0.178. The lowest BCUT2D eigenvalue weighted by Crippen LogP contribution is -2.17. The Balaban J connectivity index is 2.98. The summed E-state index contributed by atoms with van der Waals surface area (Å²) in [6.07, 6.45) is 2.22. The zero-order chi connectivity index (χ0) is 9.84. The lowest BCUT2D eigenvalue weighted by Gasteiger charge is -2.12. The van der Waals surface area contributed by atoms with E-state index < -0.39 is 6.10 Å². The van der Waals surface area contributed by atoms with Gasteiger partial charge in [-0.3, -0.25) is 4.98 Å². The minimum Gasteiger partial charge on any atom is -0.387 e. The van der Waals surface area contributed by atoms with Gasteiger partial charge in [0.1, 0.15) is 0 Å². The minimum absolute atomic E-state index is 0.384. The maximum Gasteiger partial charge on any atom is 0.0944 e. The second kappa shape index (κ2) is 4.77. The molecule has 0 bridgehead atoms. The summed E-state index contributed by atoms with van der Waals surface area (Å²) in [7, 11) is 1.74. The molecule has 3 nitrogen and oxygen atoms in total. The van der Waals surface area contributed by atoms with Crippen LogP contribution in [0.15, 0.2) is 12.4 Å². The molecule has 0 amide bonds. The van der Waals surface area contributed by atoms with Crippen molar-refractivity contribution in [2.75, 3.05) is 13.6 Å². The van der Waals surface area contributed by atoms with Crippen molar-refractivity contribution in [1.82, 2.24) is 10.3 Å². The van der Waals surface area contributed by atoms with Gasteiger partial charge in [-0.25, -0.2) is 0 Å². The highest BCUT2D eigenvalue weighted by Crippen LogP contribution is 2.28. The smallest absolute Gasteiger partial charge is 0.0944 e. The Bertz CT molecular complexity index is 273. The first-order chi connectivity index (χ1) is 6.16. The van der Waals surface area contributed by atoms with Crippen molar-refractivity contribution in [2.24, 2.45) is 0 Å². The van der Waals surface area contributed by atoms with Gasteiger partial charge in [0.25, 0.3) is 0 Å². The van der Waals surface area contributed by atoms with E-state index in [2.05, 4.69) is 10.3 Å². The average Bonchev–Trinajstić information content (AvgIpc) is 2.04. The third-order valence-electron chi connectivity index (χ3n) is 1.62. The first-order valence-electron chi connectivity index (χ1n) is 3.78. The van der Waals surface area contributed by atoms with Crippen molar-refractivity contribution in [3.8, 4) is 0 Å². The SMILES string of the molecule is CNCC(O)c1c(Cl)cncc1Cl. The molecule has 5 heteroatoms. The van der Waals surface area contributed by atoms with Gasteiger partial charge in [-0.05, 0) is 7.05 Å². The summed E-state index contributed by atoms with van der Waals surface area (Å²) in [5.41, 5.74) is 0.521. The molecule has 0 aliphatic carbocycles. The number of aliphatic hydroxyl groups excluding tert-OH is 1. The Hall–Kier alpha value is -0.350. The van der Waals surface area contributed by atoms with Gasteiger partial charge in [-0.15, -0.1) is 0 Å². The summed E-state index contributed by atoms with van der Waals surface area (Å²) >= 11 is 11.7. The van der Waals surface area contributed by atoms with Crippen LogP contribution in [0.1, 0.15) is 11.7 Å². The van der Waals surface area contributed by atoms with Gasteiger partial charge in [0.2, 0.25) is 0 Å². The molecule has 0 fully saturated rings. The van der Waals surface area contributed by atoms with Crippen LogP contribution in [0.25, 0.3) is 0 Å². The average molecular weight is 221 g/mol. The fraction of sp³-hybridized carbons (Fsp3) is 0.375. The van der Waals surface area contributed by atoms with Crippen LogP contribution in [0.2, 0.25) is 10.0 Å². The van der Waals surface area contributed by atoms with E-state index in [1.807, 2.05) is 0 Å². The molecule has 1 unspecified atom stereocenters. The maximum atomic E-state index is 9.62. The van der Waals surface area contributed by atoms with E-state index in [0.717, 1.165) is 0 Å². The van der Waals surface area contributed by atoms with Crippen LogP contribution in [0, 0.1) is 0 Å². The fourth-order valence-electron chi connectivity index (χ4n) is 1.04. The standard InChI is InChI=1S/C8H10Cl2N2O/c1-11-4-7(13)8-5(9)2-12-3-6(8)10/h2-3,7,11,13H,4H2,1H3. The number of likely N-dealkylation sites (N-methyl/N-ethyl adjacent to an activating group) is 1. The molecule has 0 aliphatic rings. The number of pyridine rings is 1. The van der Waals surface area contributed by atoms with Crippen LogP contribution in [0.3, 0.4) is 0 Å². The number of hydrogen-bond donors (Lipinski definition) is 2. The molecular weight excluding hydrogens is 211 g/mol. The van der Waals surface area contributed by atoms with Crippen LogP contribution in [-0.2, 0) is 0 Å². The summed E-state index contributed by atoms with van der Waals surface area (Å²) in [4.78, 5) is 3.79. The van der Waals surface area contributed by atoms with Crippen molar-refractivity contribution >= 4 is 23.2 Å². The van der Waals surface area contributed by atoms with Crippen LogP contribution in [-0.4, -0.2) is 23.7 Å². The predicted octanol–water partition coefficient (Wildman–Crippen LogP) is 1.64. The first kappa shape index (κ1) is 10.7. The van der Waals surface area contributed by atoms with Gasteiger partial charge in [-0.2, -0.15) is 0 Å². The number of aliphatic hydroxyl groups is 1. The maximum absolute atomic E-state index is 9.62. The van der Waals surface area contributed by atoms with Gasteiger partial charge < -0.3 is 10.4 Å². The molecule has 1 aromatic rings. The van der Waals surface area contributed by atoms with E-state index in [1.165, 1.54) is 12.4 Å². The fourth-order valence-corrected chi connectivity index (χ4v) is 1.65. The van der Waals surface area contributed by atoms with Crippen molar-refractivity contribution in [1.29, 1.82) is 0 Å². The van der Waals surface area contributed by atoms with Gasteiger partial charge in [0, 0.05) is 24.5 Å². The third-order valence-corrected chi connectivity index (χ3v) is 2.22.